The molecule has 0 unspecified atom stereocenters. The second-order valence-electron chi connectivity index (χ2n) is 6.92. The first-order valence-electron chi connectivity index (χ1n) is 8.87. The monoisotopic (exact) mass is 332 g/mol. The van der Waals surface area contributed by atoms with Crippen molar-refractivity contribution in [3.05, 3.63) is 23.8 Å². The Balaban J connectivity index is 1.82. The summed E-state index contributed by atoms with van der Waals surface area (Å²) in [5, 5.41) is 3.30. The number of likely N-dealkylation sites (tertiary alicyclic amines) is 1. The summed E-state index contributed by atoms with van der Waals surface area (Å²) in [7, 11) is 3.36. The minimum Gasteiger partial charge on any atom is -0.497 e. The summed E-state index contributed by atoms with van der Waals surface area (Å²) in [6.45, 7) is 4.14. The zero-order valence-electron chi connectivity index (χ0n) is 14.9. The van der Waals surface area contributed by atoms with Crippen LogP contribution in [0, 0.1) is 0 Å². The molecule has 5 nitrogen and oxygen atoms in total. The number of piperidine rings is 1. The molecule has 1 aromatic carbocycles. The van der Waals surface area contributed by atoms with Crippen LogP contribution >= 0.6 is 0 Å². The molecular formula is C19H28N2O3. The minimum absolute atomic E-state index is 0.0347. The van der Waals surface area contributed by atoms with Crippen LogP contribution in [0.2, 0.25) is 0 Å². The topological polar surface area (TPSA) is 50.8 Å². The van der Waals surface area contributed by atoms with Crippen LogP contribution in [-0.4, -0.2) is 43.2 Å². The van der Waals surface area contributed by atoms with Crippen molar-refractivity contribution in [3.63, 3.8) is 0 Å². The Kier molecular flexibility index (Phi) is 4.99. The van der Waals surface area contributed by atoms with E-state index in [1.165, 1.54) is 5.56 Å². The normalized spacial score (nSPS) is 27.3. The SMILES string of the molecule is CC[C@H]1N(Cc2cc(OC)cc(OC)c2)CCC[C@]12CCC(=O)N2. The van der Waals surface area contributed by atoms with Crippen LogP contribution in [0.1, 0.15) is 44.6 Å². The standard InChI is InChI=1S/C19H28N2O3/c1-4-17-19(8-6-18(22)20-19)7-5-9-21(17)13-14-10-15(23-2)12-16(11-14)24-3/h10-12,17H,4-9,13H2,1-3H3,(H,20,22)/t17-,19+/m1/s1. The third-order valence-electron chi connectivity index (χ3n) is 5.52. The fraction of sp³-hybridized carbons (Fsp3) is 0.632. The van der Waals surface area contributed by atoms with E-state index in [1.807, 2.05) is 6.07 Å². The summed E-state index contributed by atoms with van der Waals surface area (Å²) in [6, 6.07) is 6.43. The summed E-state index contributed by atoms with van der Waals surface area (Å²) in [5.41, 5.74) is 1.15. The van der Waals surface area contributed by atoms with E-state index in [0.717, 1.165) is 50.3 Å². The van der Waals surface area contributed by atoms with Crippen LogP contribution in [0.3, 0.4) is 0 Å². The molecule has 0 aromatic heterocycles. The third-order valence-corrected chi connectivity index (χ3v) is 5.52. The van der Waals surface area contributed by atoms with Gasteiger partial charge in [0, 0.05) is 25.1 Å². The molecule has 2 atom stereocenters. The molecule has 0 aliphatic carbocycles. The number of amides is 1. The summed E-state index contributed by atoms with van der Waals surface area (Å²) < 4.78 is 10.8. The van der Waals surface area contributed by atoms with Gasteiger partial charge in [-0.2, -0.15) is 0 Å². The average molecular weight is 332 g/mol. The maximum atomic E-state index is 11.8. The van der Waals surface area contributed by atoms with Gasteiger partial charge in [0.25, 0.3) is 0 Å². The molecule has 0 radical (unpaired) electrons. The summed E-state index contributed by atoms with van der Waals surface area (Å²) >= 11 is 0. The lowest BCUT2D eigenvalue weighted by molar-refractivity contribution is -0.120. The Labute approximate surface area is 144 Å². The highest BCUT2D eigenvalue weighted by Gasteiger charge is 2.47. The molecule has 1 aromatic rings. The van der Waals surface area contributed by atoms with E-state index >= 15 is 0 Å². The van der Waals surface area contributed by atoms with Crippen molar-refractivity contribution >= 4 is 5.91 Å². The van der Waals surface area contributed by atoms with Crippen LogP contribution in [0.5, 0.6) is 11.5 Å². The highest BCUT2D eigenvalue weighted by atomic mass is 16.5. The van der Waals surface area contributed by atoms with Crippen molar-refractivity contribution in [3.8, 4) is 11.5 Å². The first kappa shape index (κ1) is 17.1. The first-order chi connectivity index (χ1) is 11.6. The van der Waals surface area contributed by atoms with Crippen molar-refractivity contribution in [1.29, 1.82) is 0 Å². The maximum Gasteiger partial charge on any atom is 0.220 e. The number of methoxy groups -OCH3 is 2. The number of benzene rings is 1. The smallest absolute Gasteiger partial charge is 0.220 e. The van der Waals surface area contributed by atoms with Gasteiger partial charge in [-0.15, -0.1) is 0 Å². The molecular weight excluding hydrogens is 304 g/mol. The molecule has 1 N–H and O–H groups in total. The number of nitrogens with zero attached hydrogens (tertiary/aromatic N) is 1. The van der Waals surface area contributed by atoms with E-state index in [0.29, 0.717) is 12.5 Å². The quantitative estimate of drug-likeness (QED) is 0.901. The lowest BCUT2D eigenvalue weighted by atomic mass is 9.78. The van der Waals surface area contributed by atoms with Crippen molar-refractivity contribution < 1.29 is 14.3 Å². The molecule has 1 spiro atoms. The van der Waals surface area contributed by atoms with Crippen molar-refractivity contribution in [2.45, 2.75) is 57.2 Å². The molecule has 132 valence electrons. The molecule has 0 saturated carbocycles. The molecule has 2 heterocycles. The largest absolute Gasteiger partial charge is 0.497 e. The number of hydrogen-bond acceptors (Lipinski definition) is 4. The van der Waals surface area contributed by atoms with E-state index < -0.39 is 0 Å². The van der Waals surface area contributed by atoms with E-state index in [1.54, 1.807) is 14.2 Å². The van der Waals surface area contributed by atoms with Gasteiger partial charge in [-0.1, -0.05) is 6.92 Å². The van der Waals surface area contributed by atoms with Crippen molar-refractivity contribution in [1.82, 2.24) is 10.2 Å². The molecule has 1 amide bonds. The average Bonchev–Trinajstić information content (AvgIpc) is 2.95. The molecule has 2 aliphatic rings. The Morgan fingerprint density at radius 3 is 2.46 bits per heavy atom. The molecule has 2 saturated heterocycles. The predicted octanol–water partition coefficient (Wildman–Crippen LogP) is 2.73. The van der Waals surface area contributed by atoms with Gasteiger partial charge in [0.2, 0.25) is 5.91 Å². The number of rotatable bonds is 5. The Morgan fingerprint density at radius 1 is 1.21 bits per heavy atom. The lowest BCUT2D eigenvalue weighted by Gasteiger charge is -2.48. The van der Waals surface area contributed by atoms with Gasteiger partial charge >= 0.3 is 0 Å². The highest BCUT2D eigenvalue weighted by Crippen LogP contribution is 2.38. The van der Waals surface area contributed by atoms with E-state index in [-0.39, 0.29) is 11.4 Å². The van der Waals surface area contributed by atoms with Crippen LogP contribution in [-0.2, 0) is 11.3 Å². The van der Waals surface area contributed by atoms with Crippen molar-refractivity contribution in [2.24, 2.45) is 0 Å². The lowest BCUT2D eigenvalue weighted by Crippen LogP contribution is -2.61. The van der Waals surface area contributed by atoms with E-state index in [2.05, 4.69) is 29.3 Å². The second-order valence-corrected chi connectivity index (χ2v) is 6.92. The molecule has 0 bridgehead atoms. The minimum atomic E-state index is -0.0347. The Morgan fingerprint density at radius 2 is 1.92 bits per heavy atom. The first-order valence-corrected chi connectivity index (χ1v) is 8.87. The van der Waals surface area contributed by atoms with Gasteiger partial charge in [0.15, 0.2) is 0 Å². The zero-order chi connectivity index (χ0) is 17.2. The molecule has 5 heteroatoms. The summed E-state index contributed by atoms with van der Waals surface area (Å²) in [4.78, 5) is 14.4. The summed E-state index contributed by atoms with van der Waals surface area (Å²) in [5.74, 6) is 1.84. The number of carbonyl (C=O) groups excluding carboxylic acids is 1. The van der Waals surface area contributed by atoms with Crippen LogP contribution in [0.15, 0.2) is 18.2 Å². The predicted molar refractivity (Wildman–Crippen MR) is 93.4 cm³/mol. The van der Waals surface area contributed by atoms with Gasteiger partial charge in [-0.25, -0.2) is 0 Å². The second kappa shape index (κ2) is 7.01. The number of ether oxygens (including phenoxy) is 2. The summed E-state index contributed by atoms with van der Waals surface area (Å²) in [6.07, 6.45) is 4.88. The van der Waals surface area contributed by atoms with Crippen LogP contribution in [0.4, 0.5) is 0 Å². The maximum absolute atomic E-state index is 11.8. The van der Waals surface area contributed by atoms with E-state index in [9.17, 15) is 4.79 Å². The van der Waals surface area contributed by atoms with E-state index in [4.69, 9.17) is 9.47 Å². The Hall–Kier alpha value is -1.75. The third kappa shape index (κ3) is 3.22. The zero-order valence-corrected chi connectivity index (χ0v) is 14.9. The fourth-order valence-electron chi connectivity index (χ4n) is 4.48. The van der Waals surface area contributed by atoms with Gasteiger partial charge in [-0.3, -0.25) is 9.69 Å². The molecule has 3 rings (SSSR count). The van der Waals surface area contributed by atoms with Gasteiger partial charge in [0.1, 0.15) is 11.5 Å². The molecule has 2 fully saturated rings. The fourth-order valence-corrected chi connectivity index (χ4v) is 4.48. The van der Waals surface area contributed by atoms with Gasteiger partial charge in [0.05, 0.1) is 19.8 Å². The van der Waals surface area contributed by atoms with Gasteiger partial charge in [-0.05, 0) is 49.9 Å². The Bertz CT molecular complexity index is 582. The number of carbonyl (C=O) groups is 1. The number of nitrogens with one attached hydrogen (secondary N) is 1. The highest BCUT2D eigenvalue weighted by molar-refractivity contribution is 5.79. The van der Waals surface area contributed by atoms with Crippen LogP contribution in [0.25, 0.3) is 0 Å². The number of hydrogen-bond donors (Lipinski definition) is 1. The van der Waals surface area contributed by atoms with Crippen LogP contribution < -0.4 is 14.8 Å². The van der Waals surface area contributed by atoms with Crippen molar-refractivity contribution in [2.75, 3.05) is 20.8 Å². The molecule has 2 aliphatic heterocycles. The molecule has 24 heavy (non-hydrogen) atoms. The van der Waals surface area contributed by atoms with Gasteiger partial charge < -0.3 is 14.8 Å².